The molecule has 1 unspecified atom stereocenters. The van der Waals surface area contributed by atoms with Gasteiger partial charge in [0.1, 0.15) is 5.69 Å². The van der Waals surface area contributed by atoms with E-state index in [0.717, 1.165) is 34.8 Å². The quantitative estimate of drug-likeness (QED) is 0.544. The number of aryl methyl sites for hydroxylation is 4. The van der Waals surface area contributed by atoms with Crippen LogP contribution in [0.2, 0.25) is 5.15 Å². The van der Waals surface area contributed by atoms with Crippen molar-refractivity contribution in [1.29, 1.82) is 0 Å². The van der Waals surface area contributed by atoms with Gasteiger partial charge in [0.2, 0.25) is 5.82 Å². The Morgan fingerprint density at radius 1 is 1.04 bits per heavy atom. The summed E-state index contributed by atoms with van der Waals surface area (Å²) in [6.45, 7) is 3.96. The highest BCUT2D eigenvalue weighted by molar-refractivity contribution is 6.30. The van der Waals surface area contributed by atoms with Gasteiger partial charge < -0.3 is 0 Å². The fourth-order valence-electron chi connectivity index (χ4n) is 3.75. The third-order valence-corrected chi connectivity index (χ3v) is 5.42. The molecule has 1 saturated carbocycles. The first-order valence-corrected chi connectivity index (χ1v) is 9.23. The van der Waals surface area contributed by atoms with Gasteiger partial charge in [-0.15, -0.1) is 5.10 Å². The average molecular weight is 383 g/mol. The minimum Gasteiger partial charge on any atom is -0.274 e. The van der Waals surface area contributed by atoms with Crippen molar-refractivity contribution >= 4 is 17.4 Å². The molecule has 0 amide bonds. The summed E-state index contributed by atoms with van der Waals surface area (Å²) >= 11 is 6.25. The van der Waals surface area contributed by atoms with Crippen LogP contribution in [-0.4, -0.2) is 39.1 Å². The van der Waals surface area contributed by atoms with Crippen molar-refractivity contribution in [3.05, 3.63) is 46.1 Å². The SMILES string of the molecule is Cc1cc(C)n2nc(-c3cc([C@@H]4CC4c4cn(C)nc4Cl)nn3C)nc2n1. The summed E-state index contributed by atoms with van der Waals surface area (Å²) < 4.78 is 5.37. The Hall–Kier alpha value is -2.74. The predicted molar refractivity (Wildman–Crippen MR) is 101 cm³/mol. The molecule has 4 aromatic heterocycles. The first-order chi connectivity index (χ1) is 12.9. The number of aromatic nitrogens is 8. The zero-order valence-electron chi connectivity index (χ0n) is 15.5. The van der Waals surface area contributed by atoms with Crippen LogP contribution in [0.25, 0.3) is 17.3 Å². The Labute approximate surface area is 160 Å². The van der Waals surface area contributed by atoms with Crippen molar-refractivity contribution in [1.82, 2.24) is 39.1 Å². The van der Waals surface area contributed by atoms with E-state index in [1.807, 2.05) is 44.9 Å². The van der Waals surface area contributed by atoms with Gasteiger partial charge >= 0.3 is 0 Å². The van der Waals surface area contributed by atoms with Crippen molar-refractivity contribution < 1.29 is 0 Å². The molecule has 1 aliphatic carbocycles. The summed E-state index contributed by atoms with van der Waals surface area (Å²) in [4.78, 5) is 9.06. The van der Waals surface area contributed by atoms with Gasteiger partial charge in [-0.3, -0.25) is 9.36 Å². The lowest BCUT2D eigenvalue weighted by atomic mass is 10.1. The first kappa shape index (κ1) is 16.4. The largest absolute Gasteiger partial charge is 0.274 e. The summed E-state index contributed by atoms with van der Waals surface area (Å²) in [5.41, 5.74) is 4.95. The lowest BCUT2D eigenvalue weighted by Crippen LogP contribution is -1.98. The molecule has 4 aromatic rings. The fraction of sp³-hybridized carbons (Fsp3) is 0.389. The second-order valence-electron chi connectivity index (χ2n) is 7.26. The normalized spacial score (nSPS) is 19.1. The molecule has 0 N–H and O–H groups in total. The third kappa shape index (κ3) is 2.63. The number of rotatable bonds is 3. The van der Waals surface area contributed by atoms with E-state index in [4.69, 9.17) is 16.7 Å². The average Bonchev–Trinajstić information content (AvgIpc) is 2.91. The van der Waals surface area contributed by atoms with E-state index in [-0.39, 0.29) is 0 Å². The van der Waals surface area contributed by atoms with Crippen LogP contribution >= 0.6 is 11.6 Å². The van der Waals surface area contributed by atoms with Crippen LogP contribution in [0.1, 0.15) is 40.9 Å². The van der Waals surface area contributed by atoms with Crippen LogP contribution < -0.4 is 0 Å². The zero-order valence-corrected chi connectivity index (χ0v) is 16.3. The van der Waals surface area contributed by atoms with Gasteiger partial charge in [-0.25, -0.2) is 9.50 Å². The maximum Gasteiger partial charge on any atom is 0.253 e. The standard InChI is InChI=1S/C18H19ClN8/c1-9-5-10(2)27-18(20-9)21-17(24-27)15-7-14(22-26(15)4)12-6-11(12)13-8-25(3)23-16(13)19/h5,7-8,11-12H,6H2,1-4H3/t11?,12-/m1/s1. The maximum absolute atomic E-state index is 6.25. The second kappa shape index (κ2) is 5.63. The van der Waals surface area contributed by atoms with Gasteiger partial charge in [0.25, 0.3) is 5.78 Å². The molecule has 0 aliphatic heterocycles. The number of hydrogen-bond donors (Lipinski definition) is 0. The Morgan fingerprint density at radius 2 is 1.85 bits per heavy atom. The van der Waals surface area contributed by atoms with Crippen molar-refractivity contribution in [2.75, 3.05) is 0 Å². The maximum atomic E-state index is 6.25. The third-order valence-electron chi connectivity index (χ3n) is 5.13. The van der Waals surface area contributed by atoms with Gasteiger partial charge in [0.15, 0.2) is 5.15 Å². The van der Waals surface area contributed by atoms with E-state index in [2.05, 4.69) is 26.2 Å². The second-order valence-corrected chi connectivity index (χ2v) is 7.62. The number of fused-ring (bicyclic) bond motifs is 1. The first-order valence-electron chi connectivity index (χ1n) is 8.85. The van der Waals surface area contributed by atoms with Crippen LogP contribution in [0, 0.1) is 13.8 Å². The molecule has 0 aromatic carbocycles. The summed E-state index contributed by atoms with van der Waals surface area (Å²) in [6, 6.07) is 4.07. The van der Waals surface area contributed by atoms with Crippen molar-refractivity contribution in [2.45, 2.75) is 32.1 Å². The molecule has 0 radical (unpaired) electrons. The molecule has 138 valence electrons. The number of hydrogen-bond acceptors (Lipinski definition) is 5. The fourth-order valence-corrected chi connectivity index (χ4v) is 4.06. The molecule has 27 heavy (non-hydrogen) atoms. The van der Waals surface area contributed by atoms with Gasteiger partial charge in [0.05, 0.1) is 5.69 Å². The molecule has 9 heteroatoms. The number of halogens is 1. The molecule has 1 fully saturated rings. The molecular formula is C18H19ClN8. The van der Waals surface area contributed by atoms with E-state index in [9.17, 15) is 0 Å². The van der Waals surface area contributed by atoms with Gasteiger partial charge in [-0.1, -0.05) is 11.6 Å². The Balaban J connectivity index is 1.49. The minimum atomic E-state index is 0.353. The van der Waals surface area contributed by atoms with Crippen molar-refractivity contribution in [3.8, 4) is 11.5 Å². The highest BCUT2D eigenvalue weighted by Gasteiger charge is 2.43. The topological polar surface area (TPSA) is 78.7 Å². The van der Waals surface area contributed by atoms with E-state index in [1.165, 1.54) is 0 Å². The summed E-state index contributed by atoms with van der Waals surface area (Å²) in [7, 11) is 3.81. The molecule has 2 atom stereocenters. The molecular weight excluding hydrogens is 364 g/mol. The van der Waals surface area contributed by atoms with E-state index >= 15 is 0 Å². The lowest BCUT2D eigenvalue weighted by molar-refractivity contribution is 0.742. The Morgan fingerprint density at radius 3 is 2.59 bits per heavy atom. The van der Waals surface area contributed by atoms with Crippen LogP contribution in [0.5, 0.6) is 0 Å². The van der Waals surface area contributed by atoms with E-state index in [1.54, 1.807) is 9.20 Å². The molecule has 5 rings (SSSR count). The highest BCUT2D eigenvalue weighted by atomic mass is 35.5. The highest BCUT2D eigenvalue weighted by Crippen LogP contribution is 2.55. The lowest BCUT2D eigenvalue weighted by Gasteiger charge is -1.97. The molecule has 8 nitrogen and oxygen atoms in total. The molecule has 0 bridgehead atoms. The summed E-state index contributed by atoms with van der Waals surface area (Å²) in [5.74, 6) is 1.96. The predicted octanol–water partition coefficient (Wildman–Crippen LogP) is 2.80. The molecule has 0 saturated heterocycles. The Bertz CT molecular complexity index is 1180. The minimum absolute atomic E-state index is 0.353. The molecule has 4 heterocycles. The summed E-state index contributed by atoms with van der Waals surface area (Å²) in [6.07, 6.45) is 3.03. The Kier molecular flexibility index (Phi) is 3.42. The summed E-state index contributed by atoms with van der Waals surface area (Å²) in [5, 5.41) is 14.1. The molecule has 1 aliphatic rings. The van der Waals surface area contributed by atoms with E-state index < -0.39 is 0 Å². The van der Waals surface area contributed by atoms with Crippen molar-refractivity contribution in [2.24, 2.45) is 14.1 Å². The zero-order chi connectivity index (χ0) is 18.9. The van der Waals surface area contributed by atoms with Gasteiger partial charge in [-0.05, 0) is 38.3 Å². The van der Waals surface area contributed by atoms with Crippen LogP contribution in [0.4, 0.5) is 0 Å². The smallest absolute Gasteiger partial charge is 0.253 e. The molecule has 0 spiro atoms. The van der Waals surface area contributed by atoms with Crippen molar-refractivity contribution in [3.63, 3.8) is 0 Å². The van der Waals surface area contributed by atoms with Crippen LogP contribution in [-0.2, 0) is 14.1 Å². The van der Waals surface area contributed by atoms with Crippen LogP contribution in [0.3, 0.4) is 0 Å². The monoisotopic (exact) mass is 382 g/mol. The van der Waals surface area contributed by atoms with Gasteiger partial charge in [-0.2, -0.15) is 15.2 Å². The van der Waals surface area contributed by atoms with Crippen LogP contribution in [0.15, 0.2) is 18.3 Å². The number of nitrogens with zero attached hydrogens (tertiary/aromatic N) is 8. The van der Waals surface area contributed by atoms with Gasteiger partial charge in [0, 0.05) is 43.2 Å². The van der Waals surface area contributed by atoms with E-state index in [0.29, 0.717) is 28.6 Å².